The van der Waals surface area contributed by atoms with Gasteiger partial charge in [-0.25, -0.2) is 4.79 Å². The first-order valence-electron chi connectivity index (χ1n) is 9.03. The number of benzene rings is 1. The van der Waals surface area contributed by atoms with Crippen molar-refractivity contribution in [1.29, 1.82) is 0 Å². The Morgan fingerprint density at radius 2 is 2.17 bits per heavy atom. The molecule has 2 aliphatic heterocycles. The molecular weight excluding hydrogens is 302 g/mol. The van der Waals surface area contributed by atoms with Crippen molar-refractivity contribution in [2.24, 2.45) is 5.92 Å². The number of likely N-dealkylation sites (tertiary alicyclic amines) is 1. The van der Waals surface area contributed by atoms with Crippen LogP contribution in [-0.4, -0.2) is 29.4 Å². The van der Waals surface area contributed by atoms with Gasteiger partial charge in [-0.2, -0.15) is 0 Å². The molecule has 1 saturated heterocycles. The van der Waals surface area contributed by atoms with Crippen molar-refractivity contribution < 1.29 is 9.59 Å². The van der Waals surface area contributed by atoms with E-state index in [1.54, 1.807) is 0 Å². The van der Waals surface area contributed by atoms with Crippen molar-refractivity contribution in [1.82, 2.24) is 4.90 Å². The molecule has 0 saturated carbocycles. The highest BCUT2D eigenvalue weighted by Gasteiger charge is 2.27. The molecule has 1 aromatic rings. The first-order valence-corrected chi connectivity index (χ1v) is 9.03. The highest BCUT2D eigenvalue weighted by Crippen LogP contribution is 2.27. The van der Waals surface area contributed by atoms with E-state index in [1.165, 1.54) is 6.42 Å². The molecule has 0 unspecified atom stereocenters. The summed E-state index contributed by atoms with van der Waals surface area (Å²) in [5, 5.41) is 5.90. The molecule has 1 aromatic carbocycles. The SMILES string of the molecule is CC(C)C[C@@H]1CCCCN1C(=O)Nc1ccc2c(c1)NC(=O)CC2. The van der Waals surface area contributed by atoms with Crippen molar-refractivity contribution in [3.63, 3.8) is 0 Å². The molecule has 0 aliphatic carbocycles. The lowest BCUT2D eigenvalue weighted by molar-refractivity contribution is -0.116. The highest BCUT2D eigenvalue weighted by atomic mass is 16.2. The van der Waals surface area contributed by atoms with Crippen LogP contribution in [0.5, 0.6) is 0 Å². The van der Waals surface area contributed by atoms with Crippen LogP contribution in [0.1, 0.15) is 51.5 Å². The number of rotatable bonds is 3. The van der Waals surface area contributed by atoms with E-state index in [-0.39, 0.29) is 11.9 Å². The van der Waals surface area contributed by atoms with Crippen LogP contribution < -0.4 is 10.6 Å². The number of nitrogens with one attached hydrogen (secondary N) is 2. The van der Waals surface area contributed by atoms with Gasteiger partial charge >= 0.3 is 6.03 Å². The van der Waals surface area contributed by atoms with Gasteiger partial charge in [0.25, 0.3) is 0 Å². The molecule has 5 nitrogen and oxygen atoms in total. The van der Waals surface area contributed by atoms with Crippen molar-refractivity contribution in [2.45, 2.75) is 58.4 Å². The minimum absolute atomic E-state index is 0.0255. The Balaban J connectivity index is 1.69. The predicted octanol–water partition coefficient (Wildman–Crippen LogP) is 4.00. The normalized spacial score (nSPS) is 20.5. The summed E-state index contributed by atoms with van der Waals surface area (Å²) in [7, 11) is 0. The summed E-state index contributed by atoms with van der Waals surface area (Å²) in [4.78, 5) is 26.3. The molecule has 2 aliphatic rings. The number of amides is 3. The lowest BCUT2D eigenvalue weighted by Crippen LogP contribution is -2.46. The van der Waals surface area contributed by atoms with Crippen LogP contribution in [-0.2, 0) is 11.2 Å². The zero-order chi connectivity index (χ0) is 17.1. The average molecular weight is 329 g/mol. The third kappa shape index (κ3) is 3.89. The molecule has 1 atom stereocenters. The molecule has 0 spiro atoms. The Hall–Kier alpha value is -2.04. The molecule has 0 bridgehead atoms. The van der Waals surface area contributed by atoms with Crippen LogP contribution in [0.25, 0.3) is 0 Å². The lowest BCUT2D eigenvalue weighted by atomic mass is 9.94. The summed E-state index contributed by atoms with van der Waals surface area (Å²) in [5.74, 6) is 0.626. The van der Waals surface area contributed by atoms with Gasteiger partial charge < -0.3 is 15.5 Å². The molecule has 2 N–H and O–H groups in total. The molecule has 0 radical (unpaired) electrons. The second-order valence-electron chi connectivity index (χ2n) is 7.32. The zero-order valence-corrected chi connectivity index (χ0v) is 14.6. The first-order chi connectivity index (χ1) is 11.5. The Morgan fingerprint density at radius 1 is 1.33 bits per heavy atom. The molecule has 3 rings (SSSR count). The Morgan fingerprint density at radius 3 is 2.96 bits per heavy atom. The maximum absolute atomic E-state index is 12.7. The van der Waals surface area contributed by atoms with Gasteiger partial charge in [0.2, 0.25) is 5.91 Å². The molecule has 24 heavy (non-hydrogen) atoms. The number of nitrogens with zero attached hydrogens (tertiary/aromatic N) is 1. The molecule has 5 heteroatoms. The topological polar surface area (TPSA) is 61.4 Å². The van der Waals surface area contributed by atoms with E-state index in [9.17, 15) is 9.59 Å². The standard InChI is InChI=1S/C19H27N3O2/c1-13(2)11-16-5-3-4-10-22(16)19(24)20-15-8-6-14-7-9-18(23)21-17(14)12-15/h6,8,12-13,16H,3-5,7,9-11H2,1-2H3,(H,20,24)(H,21,23)/t16-/m0/s1. The van der Waals surface area contributed by atoms with E-state index in [0.29, 0.717) is 18.4 Å². The number of aryl methyl sites for hydroxylation is 1. The summed E-state index contributed by atoms with van der Waals surface area (Å²) in [5.41, 5.74) is 2.69. The fraction of sp³-hybridized carbons (Fsp3) is 0.579. The lowest BCUT2D eigenvalue weighted by Gasteiger charge is -2.36. The summed E-state index contributed by atoms with van der Waals surface area (Å²) >= 11 is 0. The number of carbonyl (C=O) groups excluding carboxylic acids is 2. The van der Waals surface area contributed by atoms with E-state index in [2.05, 4.69) is 24.5 Å². The largest absolute Gasteiger partial charge is 0.326 e. The van der Waals surface area contributed by atoms with Crippen molar-refractivity contribution in [2.75, 3.05) is 17.2 Å². The highest BCUT2D eigenvalue weighted by molar-refractivity contribution is 5.96. The molecule has 0 aromatic heterocycles. The maximum Gasteiger partial charge on any atom is 0.322 e. The van der Waals surface area contributed by atoms with E-state index < -0.39 is 0 Å². The minimum atomic E-state index is -0.0255. The maximum atomic E-state index is 12.7. The summed E-state index contributed by atoms with van der Waals surface area (Å²) < 4.78 is 0. The molecule has 130 valence electrons. The van der Waals surface area contributed by atoms with Crippen molar-refractivity contribution in [3.8, 4) is 0 Å². The number of carbonyl (C=O) groups is 2. The third-order valence-corrected chi connectivity index (χ3v) is 4.89. The van der Waals surface area contributed by atoms with Gasteiger partial charge in [0, 0.05) is 30.4 Å². The van der Waals surface area contributed by atoms with Crippen LogP contribution in [0.3, 0.4) is 0 Å². The first kappa shape index (κ1) is 16.8. The van der Waals surface area contributed by atoms with Gasteiger partial charge in [-0.3, -0.25) is 4.79 Å². The summed E-state index contributed by atoms with van der Waals surface area (Å²) in [6, 6.07) is 6.09. The van der Waals surface area contributed by atoms with Crippen LogP contribution in [0, 0.1) is 5.92 Å². The fourth-order valence-electron chi connectivity index (χ4n) is 3.70. The third-order valence-electron chi connectivity index (χ3n) is 4.89. The fourth-order valence-corrected chi connectivity index (χ4v) is 3.70. The van der Waals surface area contributed by atoms with E-state index in [0.717, 1.165) is 49.2 Å². The van der Waals surface area contributed by atoms with Gasteiger partial charge in [-0.15, -0.1) is 0 Å². The molecule has 1 fully saturated rings. The number of hydrogen-bond acceptors (Lipinski definition) is 2. The minimum Gasteiger partial charge on any atom is -0.326 e. The monoisotopic (exact) mass is 329 g/mol. The van der Waals surface area contributed by atoms with E-state index in [1.807, 2.05) is 23.1 Å². The van der Waals surface area contributed by atoms with Crippen molar-refractivity contribution in [3.05, 3.63) is 23.8 Å². The molecule has 2 heterocycles. The van der Waals surface area contributed by atoms with E-state index in [4.69, 9.17) is 0 Å². The number of anilines is 2. The van der Waals surface area contributed by atoms with Crippen LogP contribution >= 0.6 is 0 Å². The van der Waals surface area contributed by atoms with Crippen LogP contribution in [0.2, 0.25) is 0 Å². The van der Waals surface area contributed by atoms with Gasteiger partial charge in [-0.05, 0) is 55.7 Å². The summed E-state index contributed by atoms with van der Waals surface area (Å²) in [6.45, 7) is 5.23. The Labute approximate surface area is 143 Å². The number of fused-ring (bicyclic) bond motifs is 1. The van der Waals surface area contributed by atoms with Crippen molar-refractivity contribution >= 4 is 23.3 Å². The Kier molecular flexibility index (Phi) is 5.07. The molecular formula is C19H27N3O2. The van der Waals surface area contributed by atoms with Gasteiger partial charge in [-0.1, -0.05) is 19.9 Å². The number of urea groups is 1. The average Bonchev–Trinajstić information content (AvgIpc) is 2.54. The second kappa shape index (κ2) is 7.24. The second-order valence-corrected chi connectivity index (χ2v) is 7.32. The van der Waals surface area contributed by atoms with Crippen LogP contribution in [0.4, 0.5) is 16.2 Å². The van der Waals surface area contributed by atoms with Crippen LogP contribution in [0.15, 0.2) is 18.2 Å². The zero-order valence-electron chi connectivity index (χ0n) is 14.6. The predicted molar refractivity (Wildman–Crippen MR) is 96.2 cm³/mol. The number of piperidine rings is 1. The smallest absolute Gasteiger partial charge is 0.322 e. The molecule has 3 amide bonds. The number of hydrogen-bond donors (Lipinski definition) is 2. The Bertz CT molecular complexity index is 627. The van der Waals surface area contributed by atoms with Gasteiger partial charge in [0.15, 0.2) is 0 Å². The quantitative estimate of drug-likeness (QED) is 0.880. The summed E-state index contributed by atoms with van der Waals surface area (Å²) in [6.07, 6.45) is 5.70. The van der Waals surface area contributed by atoms with E-state index >= 15 is 0 Å². The van der Waals surface area contributed by atoms with Gasteiger partial charge in [0.1, 0.15) is 0 Å². The van der Waals surface area contributed by atoms with Gasteiger partial charge in [0.05, 0.1) is 0 Å².